The molecule has 158 valence electrons. The molecule has 10 heteroatoms. The number of rotatable bonds is 3. The molecule has 2 aliphatic rings. The summed E-state index contributed by atoms with van der Waals surface area (Å²) in [6.45, 7) is 0. The van der Waals surface area contributed by atoms with Crippen LogP contribution in [0.4, 0.5) is 18.9 Å². The van der Waals surface area contributed by atoms with Gasteiger partial charge in [-0.25, -0.2) is 4.90 Å². The largest absolute Gasteiger partial charge is 0.418 e. The molecular formula is C21H13F3N2O3S2. The maximum Gasteiger partial charge on any atom is 0.418 e. The molecule has 3 amide bonds. The molecule has 0 bridgehead atoms. The van der Waals surface area contributed by atoms with Gasteiger partial charge in [-0.3, -0.25) is 19.3 Å². The highest BCUT2D eigenvalue weighted by molar-refractivity contribution is 8.26. The first kappa shape index (κ1) is 21.3. The molecule has 2 heterocycles. The molecule has 0 radical (unpaired) electrons. The average Bonchev–Trinajstić information content (AvgIpc) is 3.16. The maximum atomic E-state index is 13.4. The van der Waals surface area contributed by atoms with E-state index in [-0.39, 0.29) is 9.23 Å². The summed E-state index contributed by atoms with van der Waals surface area (Å²) in [5.41, 5.74) is -0.915. The van der Waals surface area contributed by atoms with Crippen LogP contribution in [0.2, 0.25) is 0 Å². The van der Waals surface area contributed by atoms with Gasteiger partial charge in [0.05, 0.1) is 22.6 Å². The monoisotopic (exact) mass is 462 g/mol. The van der Waals surface area contributed by atoms with Gasteiger partial charge in [-0.2, -0.15) is 13.2 Å². The number of hydrogen-bond acceptors (Lipinski definition) is 5. The minimum Gasteiger partial charge on any atom is -0.280 e. The van der Waals surface area contributed by atoms with Crippen molar-refractivity contribution in [2.24, 2.45) is 0 Å². The van der Waals surface area contributed by atoms with Gasteiger partial charge in [0.2, 0.25) is 5.91 Å². The fraction of sp³-hybridized carbons (Fsp3) is 0.143. The number of para-hydroxylation sites is 1. The van der Waals surface area contributed by atoms with Gasteiger partial charge in [-0.05, 0) is 23.8 Å². The Bertz CT molecular complexity index is 1130. The molecule has 0 aliphatic carbocycles. The summed E-state index contributed by atoms with van der Waals surface area (Å²) in [4.78, 5) is 40.2. The summed E-state index contributed by atoms with van der Waals surface area (Å²) in [6.07, 6.45) is -3.59. The lowest BCUT2D eigenvalue weighted by molar-refractivity contribution is -0.137. The summed E-state index contributed by atoms with van der Waals surface area (Å²) >= 11 is 6.22. The Morgan fingerprint density at radius 1 is 1.00 bits per heavy atom. The topological polar surface area (TPSA) is 57.7 Å². The molecule has 1 atom stereocenters. The van der Waals surface area contributed by atoms with Gasteiger partial charge < -0.3 is 0 Å². The first-order valence-corrected chi connectivity index (χ1v) is 10.3. The average molecular weight is 462 g/mol. The Hall–Kier alpha value is -2.98. The van der Waals surface area contributed by atoms with Crippen LogP contribution in [0.15, 0.2) is 59.5 Å². The Morgan fingerprint density at radius 2 is 1.65 bits per heavy atom. The van der Waals surface area contributed by atoms with Crippen molar-refractivity contribution in [3.63, 3.8) is 0 Å². The normalized spacial score (nSPS) is 21.0. The molecule has 2 aromatic rings. The minimum atomic E-state index is -4.75. The number of thioether (sulfide) groups is 1. The lowest BCUT2D eigenvalue weighted by Gasteiger charge is -2.23. The van der Waals surface area contributed by atoms with Gasteiger partial charge in [0.15, 0.2) is 0 Å². The molecule has 1 unspecified atom stereocenters. The number of hydrogen-bond donors (Lipinski definition) is 0. The Labute approximate surface area is 184 Å². The van der Waals surface area contributed by atoms with E-state index in [2.05, 4.69) is 0 Å². The van der Waals surface area contributed by atoms with E-state index >= 15 is 0 Å². The number of benzene rings is 2. The Morgan fingerprint density at radius 3 is 2.32 bits per heavy atom. The Kier molecular flexibility index (Phi) is 5.44. The number of anilines is 1. The second kappa shape index (κ2) is 7.93. The van der Waals surface area contributed by atoms with E-state index in [1.807, 2.05) is 6.07 Å². The number of nitrogens with zero attached hydrogens (tertiary/aromatic N) is 2. The highest BCUT2D eigenvalue weighted by atomic mass is 32.2. The predicted molar refractivity (Wildman–Crippen MR) is 114 cm³/mol. The zero-order chi connectivity index (χ0) is 22.3. The SMILES string of the molecule is O=C1CC(N2C(=O)/C(=C/c3ccccc3)SC2=S)C(=O)N1c1ccccc1C(F)(F)F. The third-order valence-corrected chi connectivity index (χ3v) is 6.14. The molecule has 31 heavy (non-hydrogen) atoms. The van der Waals surface area contributed by atoms with Crippen LogP contribution in [0.25, 0.3) is 6.08 Å². The predicted octanol–water partition coefficient (Wildman–Crippen LogP) is 4.24. The van der Waals surface area contributed by atoms with Crippen LogP contribution in [0, 0.1) is 0 Å². The third kappa shape index (κ3) is 3.88. The molecule has 2 aliphatic heterocycles. The number of amides is 3. The highest BCUT2D eigenvalue weighted by Gasteiger charge is 2.50. The van der Waals surface area contributed by atoms with Crippen LogP contribution < -0.4 is 4.90 Å². The van der Waals surface area contributed by atoms with Gasteiger partial charge in [-0.1, -0.05) is 66.4 Å². The summed E-state index contributed by atoms with van der Waals surface area (Å²) in [7, 11) is 0. The van der Waals surface area contributed by atoms with Crippen molar-refractivity contribution >= 4 is 57.8 Å². The first-order valence-electron chi connectivity index (χ1n) is 9.03. The fourth-order valence-electron chi connectivity index (χ4n) is 3.43. The van der Waals surface area contributed by atoms with Crippen molar-refractivity contribution in [1.29, 1.82) is 0 Å². The lowest BCUT2D eigenvalue weighted by Crippen LogP contribution is -2.44. The number of thiocarbonyl (C=S) groups is 1. The van der Waals surface area contributed by atoms with Crippen LogP contribution in [-0.2, 0) is 20.6 Å². The van der Waals surface area contributed by atoms with Crippen LogP contribution >= 0.6 is 24.0 Å². The van der Waals surface area contributed by atoms with E-state index in [9.17, 15) is 27.6 Å². The number of carbonyl (C=O) groups is 3. The second-order valence-electron chi connectivity index (χ2n) is 6.76. The zero-order valence-corrected chi connectivity index (χ0v) is 17.3. The van der Waals surface area contributed by atoms with Crippen molar-refractivity contribution in [1.82, 2.24) is 4.90 Å². The van der Waals surface area contributed by atoms with Crippen molar-refractivity contribution in [3.8, 4) is 0 Å². The van der Waals surface area contributed by atoms with Crippen molar-refractivity contribution < 1.29 is 27.6 Å². The molecular weight excluding hydrogens is 449 g/mol. The van der Waals surface area contributed by atoms with Crippen molar-refractivity contribution in [3.05, 3.63) is 70.6 Å². The molecule has 2 saturated heterocycles. The minimum absolute atomic E-state index is 0.0734. The standard InChI is InChI=1S/C21H13F3N2O3S2/c22-21(23,24)13-8-4-5-9-14(13)25-17(27)11-15(18(25)28)26-19(29)16(31-20(26)30)10-12-6-2-1-3-7-12/h1-10,15H,11H2/b16-10-. The van der Waals surface area contributed by atoms with Crippen LogP contribution in [-0.4, -0.2) is 33.0 Å². The quantitative estimate of drug-likeness (QED) is 0.388. The second-order valence-corrected chi connectivity index (χ2v) is 8.44. The lowest BCUT2D eigenvalue weighted by atomic mass is 10.1. The molecule has 2 aromatic carbocycles. The molecule has 0 N–H and O–H groups in total. The smallest absolute Gasteiger partial charge is 0.280 e. The summed E-state index contributed by atoms with van der Waals surface area (Å²) in [5.74, 6) is -2.30. The summed E-state index contributed by atoms with van der Waals surface area (Å²) < 4.78 is 40.2. The molecule has 0 spiro atoms. The van der Waals surface area contributed by atoms with Crippen LogP contribution in [0.3, 0.4) is 0 Å². The molecule has 0 aromatic heterocycles. The number of halogens is 3. The highest BCUT2D eigenvalue weighted by Crippen LogP contribution is 2.41. The Balaban J connectivity index is 1.65. The van der Waals surface area contributed by atoms with E-state index in [4.69, 9.17) is 12.2 Å². The van der Waals surface area contributed by atoms with Gasteiger partial charge in [0.25, 0.3) is 11.8 Å². The molecule has 2 fully saturated rings. The maximum absolute atomic E-state index is 13.4. The van der Waals surface area contributed by atoms with Gasteiger partial charge in [0.1, 0.15) is 10.4 Å². The van der Waals surface area contributed by atoms with Crippen molar-refractivity contribution in [2.45, 2.75) is 18.6 Å². The first-order chi connectivity index (χ1) is 14.7. The van der Waals surface area contributed by atoms with E-state index < -0.39 is 47.6 Å². The molecule has 0 saturated carbocycles. The zero-order valence-electron chi connectivity index (χ0n) is 15.6. The third-order valence-electron chi connectivity index (χ3n) is 4.81. The molecule has 4 rings (SSSR count). The number of alkyl halides is 3. The van der Waals surface area contributed by atoms with E-state index in [1.54, 1.807) is 30.3 Å². The van der Waals surface area contributed by atoms with Gasteiger partial charge in [0, 0.05) is 0 Å². The number of imide groups is 1. The number of carbonyl (C=O) groups excluding carboxylic acids is 3. The van der Waals surface area contributed by atoms with Crippen LogP contribution in [0.5, 0.6) is 0 Å². The summed E-state index contributed by atoms with van der Waals surface area (Å²) in [5, 5.41) is 0. The van der Waals surface area contributed by atoms with Crippen molar-refractivity contribution in [2.75, 3.05) is 4.90 Å². The molecule has 5 nitrogen and oxygen atoms in total. The van der Waals surface area contributed by atoms with E-state index in [0.717, 1.165) is 34.4 Å². The van der Waals surface area contributed by atoms with Gasteiger partial charge in [-0.15, -0.1) is 0 Å². The fourth-order valence-corrected chi connectivity index (χ4v) is 4.78. The van der Waals surface area contributed by atoms with Gasteiger partial charge >= 0.3 is 6.18 Å². The van der Waals surface area contributed by atoms with Crippen LogP contribution in [0.1, 0.15) is 17.5 Å². The van der Waals surface area contributed by atoms with E-state index in [0.29, 0.717) is 4.90 Å². The summed E-state index contributed by atoms with van der Waals surface area (Å²) in [6, 6.07) is 12.0. The van der Waals surface area contributed by atoms with E-state index in [1.165, 1.54) is 12.1 Å².